The maximum Gasteiger partial charge on any atom is 0.166 e. The van der Waals surface area contributed by atoms with E-state index < -0.39 is 0 Å². The highest BCUT2D eigenvalue weighted by Crippen LogP contribution is 2.15. The first-order valence-electron chi connectivity index (χ1n) is 5.68. The molecule has 0 radical (unpaired) electrons. The van der Waals surface area contributed by atoms with Gasteiger partial charge in [0.15, 0.2) is 22.7 Å². The van der Waals surface area contributed by atoms with Gasteiger partial charge in [-0.25, -0.2) is 0 Å². The summed E-state index contributed by atoms with van der Waals surface area (Å²) < 4.78 is 5.59. The summed E-state index contributed by atoms with van der Waals surface area (Å²) in [5.74, 6) is 1.98. The van der Waals surface area contributed by atoms with E-state index in [0.717, 1.165) is 11.5 Å². The third-order valence-corrected chi connectivity index (χ3v) is 4.36. The molecule has 0 bridgehead atoms. The predicted molar refractivity (Wildman–Crippen MR) is 74.7 cm³/mol. The zero-order valence-electron chi connectivity index (χ0n) is 10.0. The number of hydrogen-bond donors (Lipinski definition) is 0. The Morgan fingerprint density at radius 1 is 0.765 bits per heavy atom. The van der Waals surface area contributed by atoms with Crippen molar-refractivity contribution in [1.82, 2.24) is 0 Å². The molecule has 17 heavy (non-hydrogen) atoms. The molecule has 2 heteroatoms. The minimum atomic E-state index is -0.0334. The van der Waals surface area contributed by atoms with Crippen molar-refractivity contribution in [2.45, 2.75) is 11.5 Å². The molecule has 0 saturated carbocycles. The van der Waals surface area contributed by atoms with Crippen molar-refractivity contribution in [2.75, 3.05) is 7.11 Å². The first-order valence-corrected chi connectivity index (χ1v) is 7.17. The van der Waals surface area contributed by atoms with Crippen LogP contribution in [0.2, 0.25) is 0 Å². The summed E-state index contributed by atoms with van der Waals surface area (Å²) in [5.41, 5.74) is 2.68. The molecule has 0 unspecified atom stereocenters. The van der Waals surface area contributed by atoms with Crippen LogP contribution in [-0.2, 0) is 26.9 Å². The fraction of sp³-hybridized carbons (Fsp3) is 0.200. The first-order chi connectivity index (χ1) is 8.38. The lowest BCUT2D eigenvalue weighted by atomic mass is 10.2. The lowest BCUT2D eigenvalue weighted by molar-refractivity contribution is 0.471. The second-order valence-corrected chi connectivity index (χ2v) is 5.66. The summed E-state index contributed by atoms with van der Waals surface area (Å²) in [5, 5.41) is 0. The van der Waals surface area contributed by atoms with E-state index in [2.05, 4.69) is 48.5 Å². The van der Waals surface area contributed by atoms with Crippen molar-refractivity contribution >= 4 is 11.2 Å². The fourth-order valence-electron chi connectivity index (χ4n) is 1.69. The second kappa shape index (κ2) is 6.48. The Morgan fingerprint density at radius 2 is 1.18 bits per heavy atom. The summed E-state index contributed by atoms with van der Waals surface area (Å²) in [6.07, 6.45) is 0. The highest BCUT2D eigenvalue weighted by atomic mass is 32.2. The Morgan fingerprint density at radius 3 is 1.53 bits per heavy atom. The van der Waals surface area contributed by atoms with Crippen LogP contribution in [0.15, 0.2) is 60.7 Å². The quantitative estimate of drug-likeness (QED) is 0.732. The van der Waals surface area contributed by atoms with E-state index in [1.165, 1.54) is 11.1 Å². The molecule has 0 saturated heterocycles. The monoisotopic (exact) mass is 245 g/mol. The van der Waals surface area contributed by atoms with E-state index in [9.17, 15) is 0 Å². The van der Waals surface area contributed by atoms with Gasteiger partial charge in [-0.2, -0.15) is 4.18 Å². The lowest BCUT2D eigenvalue weighted by Crippen LogP contribution is -2.10. The van der Waals surface area contributed by atoms with Gasteiger partial charge in [-0.15, -0.1) is 0 Å². The molecule has 0 aliphatic rings. The van der Waals surface area contributed by atoms with E-state index in [4.69, 9.17) is 4.18 Å². The number of rotatable bonds is 5. The van der Waals surface area contributed by atoms with Crippen LogP contribution in [0.5, 0.6) is 0 Å². The van der Waals surface area contributed by atoms with Gasteiger partial charge >= 0.3 is 0 Å². The van der Waals surface area contributed by atoms with Crippen molar-refractivity contribution in [1.29, 1.82) is 0 Å². The Hall–Kier alpha value is -1.25. The molecule has 2 aromatic carbocycles. The van der Waals surface area contributed by atoms with E-state index >= 15 is 0 Å². The van der Waals surface area contributed by atoms with Gasteiger partial charge in [0.05, 0.1) is 7.11 Å². The summed E-state index contributed by atoms with van der Waals surface area (Å²) in [4.78, 5) is 0. The maximum absolute atomic E-state index is 5.59. The lowest BCUT2D eigenvalue weighted by Gasteiger charge is -2.04. The van der Waals surface area contributed by atoms with E-state index in [1.54, 1.807) is 7.11 Å². The van der Waals surface area contributed by atoms with Crippen LogP contribution in [-0.4, -0.2) is 7.11 Å². The van der Waals surface area contributed by atoms with Crippen molar-refractivity contribution in [2.24, 2.45) is 0 Å². The van der Waals surface area contributed by atoms with Crippen LogP contribution in [0.25, 0.3) is 0 Å². The average Bonchev–Trinajstić information content (AvgIpc) is 2.40. The summed E-state index contributed by atoms with van der Waals surface area (Å²) >= 11 is -0.0334. The van der Waals surface area contributed by atoms with E-state index in [1.807, 2.05) is 12.1 Å². The molecule has 0 amide bonds. The molecule has 0 heterocycles. The van der Waals surface area contributed by atoms with Gasteiger partial charge in [0.2, 0.25) is 0 Å². The highest BCUT2D eigenvalue weighted by molar-refractivity contribution is 7.90. The van der Waals surface area contributed by atoms with Gasteiger partial charge in [0.1, 0.15) is 0 Å². The smallest absolute Gasteiger partial charge is 0.166 e. The minimum absolute atomic E-state index is 0.0334. The SMILES string of the molecule is CO[S+](Cc1ccccc1)Cc1ccccc1. The molecule has 0 fully saturated rings. The normalized spacial score (nSPS) is 10.7. The fourth-order valence-corrected chi connectivity index (χ4v) is 3.16. The Bertz CT molecular complexity index is 386. The Kier molecular flexibility index (Phi) is 4.65. The third kappa shape index (κ3) is 3.91. The topological polar surface area (TPSA) is 9.23 Å². The van der Waals surface area contributed by atoms with Gasteiger partial charge in [-0.3, -0.25) is 0 Å². The molecule has 0 N–H and O–H groups in total. The standard InChI is InChI=1S/C15H17OS/c1-16-17(12-14-8-4-2-5-9-14)13-15-10-6-3-7-11-15/h2-11H,12-13H2,1H3/q+1. The van der Waals surface area contributed by atoms with Crippen LogP contribution in [0.3, 0.4) is 0 Å². The van der Waals surface area contributed by atoms with Crippen LogP contribution < -0.4 is 0 Å². The zero-order valence-corrected chi connectivity index (χ0v) is 10.8. The molecule has 1 nitrogen and oxygen atoms in total. The summed E-state index contributed by atoms with van der Waals surface area (Å²) in [6.45, 7) is 0. The van der Waals surface area contributed by atoms with Crippen molar-refractivity contribution < 1.29 is 4.18 Å². The minimum Gasteiger partial charge on any atom is -0.176 e. The van der Waals surface area contributed by atoms with Crippen molar-refractivity contribution in [3.8, 4) is 0 Å². The van der Waals surface area contributed by atoms with Gasteiger partial charge < -0.3 is 0 Å². The average molecular weight is 245 g/mol. The van der Waals surface area contributed by atoms with Crippen LogP contribution in [0.1, 0.15) is 11.1 Å². The second-order valence-electron chi connectivity index (χ2n) is 3.87. The largest absolute Gasteiger partial charge is 0.176 e. The molecule has 88 valence electrons. The number of hydrogen-bond acceptors (Lipinski definition) is 1. The van der Waals surface area contributed by atoms with Gasteiger partial charge in [-0.1, -0.05) is 60.7 Å². The molecule has 0 spiro atoms. The predicted octanol–water partition coefficient (Wildman–Crippen LogP) is 3.57. The number of benzene rings is 2. The Labute approximate surface area is 106 Å². The summed E-state index contributed by atoms with van der Waals surface area (Å²) in [6, 6.07) is 21.0. The first kappa shape index (κ1) is 12.2. The van der Waals surface area contributed by atoms with Crippen molar-refractivity contribution in [3.05, 3.63) is 71.8 Å². The van der Waals surface area contributed by atoms with Gasteiger partial charge in [0, 0.05) is 11.1 Å². The van der Waals surface area contributed by atoms with E-state index in [-0.39, 0.29) is 11.2 Å². The molecule has 0 aliphatic heterocycles. The molecule has 0 atom stereocenters. The van der Waals surface area contributed by atoms with Crippen molar-refractivity contribution in [3.63, 3.8) is 0 Å². The maximum atomic E-state index is 5.59. The van der Waals surface area contributed by atoms with Gasteiger partial charge in [0.25, 0.3) is 0 Å². The van der Waals surface area contributed by atoms with Crippen LogP contribution >= 0.6 is 0 Å². The van der Waals surface area contributed by atoms with Crippen LogP contribution in [0.4, 0.5) is 0 Å². The molecule has 0 aromatic heterocycles. The Balaban J connectivity index is 1.98. The molecular formula is C15H17OS+. The molecular weight excluding hydrogens is 228 g/mol. The van der Waals surface area contributed by atoms with E-state index in [0.29, 0.717) is 0 Å². The summed E-state index contributed by atoms with van der Waals surface area (Å²) in [7, 11) is 1.80. The zero-order chi connectivity index (χ0) is 11.9. The third-order valence-electron chi connectivity index (χ3n) is 2.58. The molecule has 2 aromatic rings. The highest BCUT2D eigenvalue weighted by Gasteiger charge is 2.19. The molecule has 2 rings (SSSR count). The molecule has 0 aliphatic carbocycles. The van der Waals surface area contributed by atoms with Gasteiger partial charge in [-0.05, 0) is 0 Å². The van der Waals surface area contributed by atoms with Crippen LogP contribution in [0, 0.1) is 0 Å².